The number of piperidine rings is 1. The van der Waals surface area contributed by atoms with Gasteiger partial charge in [-0.2, -0.15) is 0 Å². The molecule has 1 unspecified atom stereocenters. The van der Waals surface area contributed by atoms with Crippen LogP contribution in [-0.4, -0.2) is 59.4 Å². The third-order valence-electron chi connectivity index (χ3n) is 4.17. The van der Waals surface area contributed by atoms with E-state index in [4.69, 9.17) is 5.11 Å². The molecule has 0 aliphatic carbocycles. The molecular weight excluding hydrogens is 315 g/mol. The molecule has 1 N–H and O–H groups in total. The molecular formula is C17H21FN2O4. The fraction of sp³-hybridized carbons (Fsp3) is 0.471. The van der Waals surface area contributed by atoms with Crippen molar-refractivity contribution in [3.8, 4) is 0 Å². The molecule has 130 valence electrons. The van der Waals surface area contributed by atoms with E-state index < -0.39 is 17.7 Å². The first-order chi connectivity index (χ1) is 11.4. The van der Waals surface area contributed by atoms with Crippen molar-refractivity contribution < 1.29 is 23.9 Å². The van der Waals surface area contributed by atoms with Crippen LogP contribution in [0.2, 0.25) is 0 Å². The van der Waals surface area contributed by atoms with Crippen LogP contribution in [0.1, 0.15) is 18.4 Å². The average molecular weight is 336 g/mol. The normalized spacial score (nSPS) is 17.4. The Kier molecular flexibility index (Phi) is 5.89. The molecule has 0 radical (unpaired) electrons. The van der Waals surface area contributed by atoms with Gasteiger partial charge in [-0.1, -0.05) is 12.1 Å². The molecule has 6 nitrogen and oxygen atoms in total. The zero-order chi connectivity index (χ0) is 17.7. The van der Waals surface area contributed by atoms with Crippen molar-refractivity contribution >= 4 is 17.8 Å². The number of carbonyl (C=O) groups is 3. The number of likely N-dealkylation sites (N-methyl/N-ethyl adjacent to an activating group) is 1. The van der Waals surface area contributed by atoms with E-state index in [1.807, 2.05) is 0 Å². The van der Waals surface area contributed by atoms with E-state index in [1.165, 1.54) is 35.0 Å². The summed E-state index contributed by atoms with van der Waals surface area (Å²) in [6.45, 7) is 0.578. The van der Waals surface area contributed by atoms with Gasteiger partial charge in [-0.3, -0.25) is 14.4 Å². The maximum absolute atomic E-state index is 13.1. The highest BCUT2D eigenvalue weighted by molar-refractivity contribution is 5.86. The molecule has 7 heteroatoms. The van der Waals surface area contributed by atoms with E-state index in [2.05, 4.69) is 0 Å². The average Bonchev–Trinajstić information content (AvgIpc) is 2.54. The summed E-state index contributed by atoms with van der Waals surface area (Å²) in [7, 11) is 1.51. The number of aliphatic carboxylic acids is 1. The standard InChI is InChI=1S/C17H21FN2O4/c1-19(15(21)9-12-4-2-6-14(18)8-12)11-16(22)20-7-3-5-13(10-20)17(23)24/h2,4,6,8,13H,3,5,7,9-11H2,1H3,(H,23,24). The Morgan fingerprint density at radius 1 is 1.38 bits per heavy atom. The summed E-state index contributed by atoms with van der Waals surface area (Å²) in [4.78, 5) is 38.3. The summed E-state index contributed by atoms with van der Waals surface area (Å²) in [5.41, 5.74) is 0.545. The Labute approximate surface area is 139 Å². The summed E-state index contributed by atoms with van der Waals surface area (Å²) < 4.78 is 13.1. The zero-order valence-electron chi connectivity index (χ0n) is 13.6. The van der Waals surface area contributed by atoms with E-state index in [1.54, 1.807) is 6.07 Å². The van der Waals surface area contributed by atoms with Gasteiger partial charge in [0, 0.05) is 20.1 Å². The van der Waals surface area contributed by atoms with Crippen LogP contribution in [0, 0.1) is 11.7 Å². The van der Waals surface area contributed by atoms with Gasteiger partial charge in [0.05, 0.1) is 18.9 Å². The quantitative estimate of drug-likeness (QED) is 0.875. The SMILES string of the molecule is CN(CC(=O)N1CCCC(C(=O)O)C1)C(=O)Cc1cccc(F)c1. The van der Waals surface area contributed by atoms with Crippen molar-refractivity contribution in [2.24, 2.45) is 5.92 Å². The molecule has 1 aromatic rings. The minimum atomic E-state index is -0.900. The molecule has 1 aromatic carbocycles. The van der Waals surface area contributed by atoms with Crippen molar-refractivity contribution in [2.75, 3.05) is 26.7 Å². The molecule has 0 saturated carbocycles. The lowest BCUT2D eigenvalue weighted by atomic mass is 9.98. The van der Waals surface area contributed by atoms with Crippen molar-refractivity contribution in [1.82, 2.24) is 9.80 Å². The maximum atomic E-state index is 13.1. The zero-order valence-corrected chi connectivity index (χ0v) is 13.6. The van der Waals surface area contributed by atoms with Gasteiger partial charge in [-0.05, 0) is 30.5 Å². The molecule has 1 aliphatic rings. The van der Waals surface area contributed by atoms with Crippen molar-refractivity contribution in [2.45, 2.75) is 19.3 Å². The second-order valence-electron chi connectivity index (χ2n) is 6.07. The third kappa shape index (κ3) is 4.78. The molecule has 1 aliphatic heterocycles. The fourth-order valence-electron chi connectivity index (χ4n) is 2.75. The highest BCUT2D eigenvalue weighted by atomic mass is 19.1. The number of carboxylic acid groups (broad SMARTS) is 1. The molecule has 0 aromatic heterocycles. The number of benzene rings is 1. The van der Waals surface area contributed by atoms with Crippen LogP contribution in [0.3, 0.4) is 0 Å². The monoisotopic (exact) mass is 336 g/mol. The third-order valence-corrected chi connectivity index (χ3v) is 4.17. The maximum Gasteiger partial charge on any atom is 0.308 e. The summed E-state index contributed by atoms with van der Waals surface area (Å²) >= 11 is 0. The second kappa shape index (κ2) is 7.90. The largest absolute Gasteiger partial charge is 0.481 e. The van der Waals surface area contributed by atoms with Gasteiger partial charge in [0.1, 0.15) is 5.82 Å². The summed E-state index contributed by atoms with van der Waals surface area (Å²) in [6, 6.07) is 5.77. The number of carbonyl (C=O) groups excluding carboxylic acids is 2. The minimum Gasteiger partial charge on any atom is -0.481 e. The molecule has 2 amide bonds. The summed E-state index contributed by atoms with van der Waals surface area (Å²) in [6.07, 6.45) is 1.22. The topological polar surface area (TPSA) is 77.9 Å². The number of likely N-dealkylation sites (tertiary alicyclic amines) is 1. The van der Waals surface area contributed by atoms with Crippen LogP contribution < -0.4 is 0 Å². The van der Waals surface area contributed by atoms with Crippen molar-refractivity contribution in [3.63, 3.8) is 0 Å². The molecule has 1 atom stereocenters. The summed E-state index contributed by atoms with van der Waals surface area (Å²) in [5, 5.41) is 9.06. The van der Waals surface area contributed by atoms with Gasteiger partial charge < -0.3 is 14.9 Å². The Morgan fingerprint density at radius 2 is 2.12 bits per heavy atom. The molecule has 0 bridgehead atoms. The number of hydrogen-bond acceptors (Lipinski definition) is 3. The van der Waals surface area contributed by atoms with Crippen LogP contribution >= 0.6 is 0 Å². The molecule has 2 rings (SSSR count). The molecule has 24 heavy (non-hydrogen) atoms. The van der Waals surface area contributed by atoms with Gasteiger partial charge in [0.25, 0.3) is 0 Å². The second-order valence-corrected chi connectivity index (χ2v) is 6.07. The molecule has 0 spiro atoms. The highest BCUT2D eigenvalue weighted by Gasteiger charge is 2.28. The first kappa shape index (κ1) is 17.9. The van der Waals surface area contributed by atoms with Gasteiger partial charge in [-0.25, -0.2) is 4.39 Å². The van der Waals surface area contributed by atoms with Gasteiger partial charge >= 0.3 is 5.97 Å². The Bertz CT molecular complexity index is 635. The predicted octanol–water partition coefficient (Wildman–Crippen LogP) is 1.15. The Morgan fingerprint density at radius 3 is 2.79 bits per heavy atom. The molecule has 1 fully saturated rings. The van der Waals surface area contributed by atoms with E-state index in [-0.39, 0.29) is 31.3 Å². The highest BCUT2D eigenvalue weighted by Crippen LogP contribution is 2.17. The minimum absolute atomic E-state index is 0.0132. The van der Waals surface area contributed by atoms with E-state index in [0.29, 0.717) is 24.9 Å². The number of amides is 2. The smallest absolute Gasteiger partial charge is 0.308 e. The number of nitrogens with zero attached hydrogens (tertiary/aromatic N) is 2. The van der Waals surface area contributed by atoms with E-state index in [0.717, 1.165) is 0 Å². The van der Waals surface area contributed by atoms with Crippen molar-refractivity contribution in [1.29, 1.82) is 0 Å². The molecule has 1 saturated heterocycles. The first-order valence-electron chi connectivity index (χ1n) is 7.86. The fourth-order valence-corrected chi connectivity index (χ4v) is 2.75. The van der Waals surface area contributed by atoms with E-state index in [9.17, 15) is 18.8 Å². The Hall–Kier alpha value is -2.44. The van der Waals surface area contributed by atoms with Crippen LogP contribution in [0.25, 0.3) is 0 Å². The predicted molar refractivity (Wildman–Crippen MR) is 84.7 cm³/mol. The summed E-state index contributed by atoms with van der Waals surface area (Å²) in [5.74, 6) is -2.41. The first-order valence-corrected chi connectivity index (χ1v) is 7.86. The van der Waals surface area contributed by atoms with Gasteiger partial charge in [-0.15, -0.1) is 0 Å². The van der Waals surface area contributed by atoms with E-state index >= 15 is 0 Å². The number of rotatable bonds is 5. The van der Waals surface area contributed by atoms with Gasteiger partial charge in [0.15, 0.2) is 0 Å². The van der Waals surface area contributed by atoms with Gasteiger partial charge in [0.2, 0.25) is 11.8 Å². The lowest BCUT2D eigenvalue weighted by Crippen LogP contribution is -2.47. The van der Waals surface area contributed by atoms with Crippen LogP contribution in [0.4, 0.5) is 4.39 Å². The number of carboxylic acids is 1. The van der Waals surface area contributed by atoms with Crippen LogP contribution in [0.5, 0.6) is 0 Å². The lowest BCUT2D eigenvalue weighted by Gasteiger charge is -2.32. The lowest BCUT2D eigenvalue weighted by molar-refractivity contribution is -0.147. The number of halogens is 1. The number of hydrogen-bond donors (Lipinski definition) is 1. The van der Waals surface area contributed by atoms with Crippen molar-refractivity contribution in [3.05, 3.63) is 35.6 Å². The van der Waals surface area contributed by atoms with Crippen LogP contribution in [-0.2, 0) is 20.8 Å². The van der Waals surface area contributed by atoms with Crippen LogP contribution in [0.15, 0.2) is 24.3 Å². The molecule has 1 heterocycles. The Balaban J connectivity index is 1.88.